The number of hydrogen-bond donors (Lipinski definition) is 4. The first-order valence-corrected chi connectivity index (χ1v) is 14.6. The molecule has 5 nitrogen and oxygen atoms in total. The zero-order valence-electron chi connectivity index (χ0n) is 22.9. The molecule has 4 aliphatic rings. The molecule has 5 N–H and O–H groups in total. The van der Waals surface area contributed by atoms with Crippen molar-refractivity contribution in [2.24, 2.45) is 58.0 Å². The van der Waals surface area contributed by atoms with Crippen LogP contribution in [-0.2, 0) is 0 Å². The van der Waals surface area contributed by atoms with Gasteiger partial charge in [0.15, 0.2) is 0 Å². The van der Waals surface area contributed by atoms with Gasteiger partial charge in [0.1, 0.15) is 0 Å². The molecule has 4 rings (SSSR count). The lowest BCUT2D eigenvalue weighted by atomic mass is 9.44. The van der Waals surface area contributed by atoms with Crippen molar-refractivity contribution in [3.63, 3.8) is 0 Å². The predicted octanol–water partition coefficient (Wildman–Crippen LogP) is 6.21. The monoisotopic (exact) mass is 488 g/mol. The average Bonchev–Trinajstić information content (AvgIpc) is 3.14. The minimum atomic E-state index is -1.02. The Hall–Kier alpha value is -1.07. The molecule has 0 spiro atoms. The van der Waals surface area contributed by atoms with Crippen LogP contribution in [0.1, 0.15) is 98.8 Å². The standard InChI is InChI=1S/C30H52N2O3/c1-18(2)7-6-8-19(3)23-11-12-24-22-10-9-20-15-21(33)16-26(27(31)17-32-28(34)35)30(20,5)25(22)13-14-29(23,24)4/h9,18-19,21-27,32-33H,6-8,10-17,31H2,1-5H3,(H,34,35)/t19-,21-,22+,23-,24+,25+,26?,27?,29-,30+/m1/s1. The summed E-state index contributed by atoms with van der Waals surface area (Å²) < 4.78 is 0. The number of carbonyl (C=O) groups is 1. The number of allylic oxidation sites excluding steroid dienone is 1. The number of aliphatic hydroxyl groups excluding tert-OH is 1. The smallest absolute Gasteiger partial charge is 0.404 e. The fraction of sp³-hybridized carbons (Fsp3) is 0.900. The molecule has 0 aromatic heterocycles. The number of amides is 1. The Balaban J connectivity index is 1.55. The Bertz CT molecular complexity index is 796. The third-order valence-corrected chi connectivity index (χ3v) is 11.5. The van der Waals surface area contributed by atoms with E-state index in [1.165, 1.54) is 50.5 Å². The fourth-order valence-electron chi connectivity index (χ4n) is 9.78. The summed E-state index contributed by atoms with van der Waals surface area (Å²) in [6.45, 7) is 12.5. The highest BCUT2D eigenvalue weighted by Crippen LogP contribution is 2.68. The molecule has 0 bridgehead atoms. The van der Waals surface area contributed by atoms with Gasteiger partial charge in [-0.1, -0.05) is 65.5 Å². The van der Waals surface area contributed by atoms with E-state index in [2.05, 4.69) is 46.0 Å². The Labute approximate surface area is 213 Å². The third-order valence-electron chi connectivity index (χ3n) is 11.5. The molecule has 0 aromatic carbocycles. The highest BCUT2D eigenvalue weighted by molar-refractivity contribution is 5.64. The summed E-state index contributed by atoms with van der Waals surface area (Å²) in [6, 6.07) is -0.279. The third kappa shape index (κ3) is 4.93. The van der Waals surface area contributed by atoms with Gasteiger partial charge in [0, 0.05) is 12.6 Å². The molecule has 10 atom stereocenters. The van der Waals surface area contributed by atoms with Crippen molar-refractivity contribution < 1.29 is 15.0 Å². The van der Waals surface area contributed by atoms with Gasteiger partial charge in [0.05, 0.1) is 6.10 Å². The molecule has 4 aliphatic carbocycles. The molecule has 1 amide bonds. The van der Waals surface area contributed by atoms with E-state index in [0.29, 0.717) is 23.7 Å². The Morgan fingerprint density at radius 3 is 2.57 bits per heavy atom. The van der Waals surface area contributed by atoms with Crippen LogP contribution >= 0.6 is 0 Å². The summed E-state index contributed by atoms with van der Waals surface area (Å²) in [5, 5.41) is 22.4. The summed E-state index contributed by atoms with van der Waals surface area (Å²) in [5.41, 5.74) is 8.47. The van der Waals surface area contributed by atoms with E-state index in [9.17, 15) is 9.90 Å². The number of nitrogens with two attached hydrogens (primary N) is 1. The summed E-state index contributed by atoms with van der Waals surface area (Å²) >= 11 is 0. The first-order valence-electron chi connectivity index (χ1n) is 14.6. The van der Waals surface area contributed by atoms with Crippen LogP contribution in [0.3, 0.4) is 0 Å². The molecule has 0 radical (unpaired) electrons. The van der Waals surface area contributed by atoms with Crippen molar-refractivity contribution in [1.29, 1.82) is 0 Å². The molecular formula is C30H52N2O3. The van der Waals surface area contributed by atoms with Crippen LogP contribution in [0.4, 0.5) is 4.79 Å². The van der Waals surface area contributed by atoms with Crippen LogP contribution in [0.25, 0.3) is 0 Å². The summed E-state index contributed by atoms with van der Waals surface area (Å²) in [7, 11) is 0. The molecule has 200 valence electrons. The van der Waals surface area contributed by atoms with Crippen molar-refractivity contribution in [3.05, 3.63) is 11.6 Å². The van der Waals surface area contributed by atoms with Gasteiger partial charge in [-0.2, -0.15) is 0 Å². The number of nitrogens with one attached hydrogen (secondary N) is 1. The van der Waals surface area contributed by atoms with E-state index < -0.39 is 6.09 Å². The maximum absolute atomic E-state index is 11.2. The second-order valence-electron chi connectivity index (χ2n) is 13.7. The summed E-state index contributed by atoms with van der Waals surface area (Å²) in [6.07, 6.45) is 13.0. The largest absolute Gasteiger partial charge is 0.465 e. The lowest BCUT2D eigenvalue weighted by molar-refractivity contribution is -0.0835. The van der Waals surface area contributed by atoms with E-state index >= 15 is 0 Å². The molecular weight excluding hydrogens is 436 g/mol. The number of aliphatic hydroxyl groups is 1. The second-order valence-corrected chi connectivity index (χ2v) is 13.7. The number of carboxylic acid groups (broad SMARTS) is 1. The highest BCUT2D eigenvalue weighted by atomic mass is 16.4. The Morgan fingerprint density at radius 1 is 1.14 bits per heavy atom. The van der Waals surface area contributed by atoms with E-state index in [4.69, 9.17) is 10.8 Å². The molecule has 3 saturated carbocycles. The van der Waals surface area contributed by atoms with Crippen molar-refractivity contribution in [2.75, 3.05) is 6.54 Å². The van der Waals surface area contributed by atoms with E-state index in [-0.39, 0.29) is 30.0 Å². The van der Waals surface area contributed by atoms with Gasteiger partial charge in [-0.05, 0) is 97.2 Å². The summed E-state index contributed by atoms with van der Waals surface area (Å²) in [5.74, 6) is 4.59. The van der Waals surface area contributed by atoms with Gasteiger partial charge in [-0.3, -0.25) is 0 Å². The van der Waals surface area contributed by atoms with Gasteiger partial charge in [-0.15, -0.1) is 0 Å². The Kier molecular flexibility index (Phi) is 7.98. The van der Waals surface area contributed by atoms with E-state index in [1.807, 2.05) is 0 Å². The molecule has 3 fully saturated rings. The Morgan fingerprint density at radius 2 is 1.89 bits per heavy atom. The minimum absolute atomic E-state index is 0.0377. The maximum atomic E-state index is 11.2. The second kappa shape index (κ2) is 10.4. The van der Waals surface area contributed by atoms with Crippen LogP contribution in [0, 0.1) is 52.3 Å². The van der Waals surface area contributed by atoms with Gasteiger partial charge in [0.25, 0.3) is 0 Å². The van der Waals surface area contributed by atoms with Gasteiger partial charge in [0.2, 0.25) is 0 Å². The molecule has 0 aromatic rings. The zero-order valence-corrected chi connectivity index (χ0v) is 22.9. The van der Waals surface area contributed by atoms with Crippen LogP contribution < -0.4 is 11.1 Å². The zero-order chi connectivity index (χ0) is 25.5. The summed E-state index contributed by atoms with van der Waals surface area (Å²) in [4.78, 5) is 11.2. The van der Waals surface area contributed by atoms with Crippen LogP contribution in [0.15, 0.2) is 11.6 Å². The van der Waals surface area contributed by atoms with E-state index in [0.717, 1.165) is 36.5 Å². The van der Waals surface area contributed by atoms with Crippen LogP contribution in [0.5, 0.6) is 0 Å². The quantitative estimate of drug-likeness (QED) is 0.305. The maximum Gasteiger partial charge on any atom is 0.404 e. The van der Waals surface area contributed by atoms with Crippen LogP contribution in [0.2, 0.25) is 0 Å². The molecule has 0 heterocycles. The van der Waals surface area contributed by atoms with E-state index in [1.54, 1.807) is 0 Å². The van der Waals surface area contributed by atoms with Crippen molar-refractivity contribution in [1.82, 2.24) is 5.32 Å². The number of rotatable bonds is 8. The molecule has 0 aliphatic heterocycles. The van der Waals surface area contributed by atoms with Crippen molar-refractivity contribution >= 4 is 6.09 Å². The fourth-order valence-corrected chi connectivity index (χ4v) is 9.78. The highest BCUT2D eigenvalue weighted by Gasteiger charge is 2.61. The first kappa shape index (κ1) is 27.0. The molecule has 0 saturated heterocycles. The number of hydrogen-bond acceptors (Lipinski definition) is 3. The van der Waals surface area contributed by atoms with Gasteiger partial charge < -0.3 is 21.3 Å². The molecule has 5 heteroatoms. The predicted molar refractivity (Wildman–Crippen MR) is 142 cm³/mol. The lowest BCUT2D eigenvalue weighted by Gasteiger charge is -2.61. The van der Waals surface area contributed by atoms with Crippen LogP contribution in [-0.4, -0.2) is 35.0 Å². The first-order chi connectivity index (χ1) is 16.5. The SMILES string of the molecule is CC(C)CCC[C@@H](C)[C@H]1CC[C@H]2[C@@H]3CC=C4C[C@@H](O)CC(C(N)CNC(=O)O)[C@]4(C)[C@H]3CC[C@]12C. The molecule has 2 unspecified atom stereocenters. The number of fused-ring (bicyclic) bond motifs is 5. The normalized spacial score (nSPS) is 42.5. The lowest BCUT2D eigenvalue weighted by Crippen LogP contribution is -2.58. The van der Waals surface area contributed by atoms with Gasteiger partial charge >= 0.3 is 6.09 Å². The van der Waals surface area contributed by atoms with Crippen molar-refractivity contribution in [3.8, 4) is 0 Å². The topological polar surface area (TPSA) is 95.6 Å². The van der Waals surface area contributed by atoms with Crippen molar-refractivity contribution in [2.45, 2.75) is 111 Å². The molecule has 35 heavy (non-hydrogen) atoms. The van der Waals surface area contributed by atoms with Gasteiger partial charge in [-0.25, -0.2) is 4.79 Å². The minimum Gasteiger partial charge on any atom is -0.465 e. The average molecular weight is 489 g/mol.